The van der Waals surface area contributed by atoms with E-state index in [1.807, 2.05) is 0 Å². The third kappa shape index (κ3) is 1.44. The average Bonchev–Trinajstić information content (AvgIpc) is 2.88. The number of aromatic nitrogens is 2. The molecule has 2 unspecified atom stereocenters. The van der Waals surface area contributed by atoms with E-state index in [1.54, 1.807) is 12.3 Å². The summed E-state index contributed by atoms with van der Waals surface area (Å²) in [6, 6.07) is 1.98. The molecule has 2 bridgehead atoms. The van der Waals surface area contributed by atoms with Crippen LogP contribution >= 0.6 is 0 Å². The van der Waals surface area contributed by atoms with Crippen molar-refractivity contribution in [2.75, 3.05) is 17.2 Å². The summed E-state index contributed by atoms with van der Waals surface area (Å²) in [5.41, 5.74) is 10.8. The van der Waals surface area contributed by atoms with Gasteiger partial charge in [-0.15, -0.1) is 0 Å². The van der Waals surface area contributed by atoms with E-state index in [-0.39, 0.29) is 11.3 Å². The summed E-state index contributed by atoms with van der Waals surface area (Å²) in [5, 5.41) is 0. The Morgan fingerprint density at radius 2 is 2.41 bits per heavy atom. The monoisotopic (exact) mass is 233 g/mol. The fourth-order valence-corrected chi connectivity index (χ4v) is 3.00. The van der Waals surface area contributed by atoms with E-state index in [4.69, 9.17) is 11.5 Å². The van der Waals surface area contributed by atoms with Gasteiger partial charge in [0.15, 0.2) is 0 Å². The molecule has 1 aromatic rings. The van der Waals surface area contributed by atoms with Crippen molar-refractivity contribution in [2.45, 2.75) is 25.3 Å². The van der Waals surface area contributed by atoms with Crippen molar-refractivity contribution in [3.05, 3.63) is 12.3 Å². The van der Waals surface area contributed by atoms with Gasteiger partial charge in [-0.3, -0.25) is 4.79 Å². The lowest BCUT2D eigenvalue weighted by Crippen LogP contribution is -2.42. The Labute approximate surface area is 99.0 Å². The van der Waals surface area contributed by atoms with Crippen LogP contribution < -0.4 is 16.4 Å². The number of rotatable bonds is 2. The lowest BCUT2D eigenvalue weighted by molar-refractivity contribution is -0.126. The fraction of sp³-hybridized carbons (Fsp3) is 0.545. The van der Waals surface area contributed by atoms with E-state index in [9.17, 15) is 4.79 Å². The largest absolute Gasteiger partial charge is 0.384 e. The van der Waals surface area contributed by atoms with Crippen molar-refractivity contribution in [3.63, 3.8) is 0 Å². The molecule has 2 aliphatic rings. The van der Waals surface area contributed by atoms with Crippen LogP contribution in [-0.4, -0.2) is 28.5 Å². The van der Waals surface area contributed by atoms with Gasteiger partial charge in [-0.25, -0.2) is 4.98 Å². The number of carbonyl (C=O) groups excluding carboxylic acids is 1. The number of amides is 1. The second kappa shape index (κ2) is 3.32. The molecule has 1 saturated carbocycles. The lowest BCUT2D eigenvalue weighted by atomic mass is 9.87. The maximum Gasteiger partial charge on any atom is 0.227 e. The number of nitrogens with zero attached hydrogens (tertiary/aromatic N) is 3. The number of anilines is 2. The predicted molar refractivity (Wildman–Crippen MR) is 63.1 cm³/mol. The smallest absolute Gasteiger partial charge is 0.227 e. The van der Waals surface area contributed by atoms with Gasteiger partial charge in [0.05, 0.1) is 5.41 Å². The summed E-state index contributed by atoms with van der Waals surface area (Å²) in [5.74, 6) is 0.857. The number of hydrogen-bond donors (Lipinski definition) is 2. The van der Waals surface area contributed by atoms with Crippen LogP contribution in [0, 0.1) is 5.41 Å². The van der Waals surface area contributed by atoms with Crippen molar-refractivity contribution in [1.29, 1.82) is 0 Å². The molecule has 0 spiro atoms. The molecule has 6 heteroatoms. The lowest BCUT2D eigenvalue weighted by Gasteiger charge is -2.30. The number of piperidine rings is 1. The number of fused-ring (bicyclic) bond motifs is 2. The molecule has 17 heavy (non-hydrogen) atoms. The number of primary amides is 1. The molecule has 0 radical (unpaired) electrons. The highest BCUT2D eigenvalue weighted by atomic mass is 16.1. The summed E-state index contributed by atoms with van der Waals surface area (Å²) in [6.45, 7) is 0.621. The number of nitrogens with two attached hydrogens (primary N) is 2. The summed E-state index contributed by atoms with van der Waals surface area (Å²) < 4.78 is 0. The van der Waals surface area contributed by atoms with Crippen LogP contribution in [-0.2, 0) is 4.79 Å². The van der Waals surface area contributed by atoms with Gasteiger partial charge in [-0.1, -0.05) is 0 Å². The van der Waals surface area contributed by atoms with E-state index >= 15 is 0 Å². The van der Waals surface area contributed by atoms with Gasteiger partial charge in [0.25, 0.3) is 0 Å². The summed E-state index contributed by atoms with van der Waals surface area (Å²) >= 11 is 0. The Morgan fingerprint density at radius 3 is 3.06 bits per heavy atom. The first-order chi connectivity index (χ1) is 8.11. The zero-order chi connectivity index (χ0) is 12.0. The first-order valence-corrected chi connectivity index (χ1v) is 5.76. The molecule has 1 aliphatic heterocycles. The summed E-state index contributed by atoms with van der Waals surface area (Å²) in [7, 11) is 0. The highest BCUT2D eigenvalue weighted by Crippen LogP contribution is 2.48. The third-order valence-corrected chi connectivity index (χ3v) is 3.94. The van der Waals surface area contributed by atoms with Gasteiger partial charge in [0.1, 0.15) is 5.82 Å². The molecule has 90 valence electrons. The molecule has 6 nitrogen and oxygen atoms in total. The molecule has 3 rings (SSSR count). The number of carbonyl (C=O) groups is 1. The third-order valence-electron chi connectivity index (χ3n) is 3.94. The van der Waals surface area contributed by atoms with Crippen LogP contribution in [0.4, 0.5) is 11.8 Å². The SMILES string of the molecule is NC(=O)C12CCC(C1)N(c1nccc(N)n1)C2. The van der Waals surface area contributed by atoms with Gasteiger partial charge < -0.3 is 16.4 Å². The van der Waals surface area contributed by atoms with Crippen molar-refractivity contribution >= 4 is 17.7 Å². The molecular weight excluding hydrogens is 218 g/mol. The minimum Gasteiger partial charge on any atom is -0.384 e. The zero-order valence-electron chi connectivity index (χ0n) is 9.47. The molecule has 2 heterocycles. The molecule has 0 aromatic carbocycles. The normalized spacial score (nSPS) is 30.8. The quantitative estimate of drug-likeness (QED) is 0.743. The van der Waals surface area contributed by atoms with Crippen LogP contribution in [0.2, 0.25) is 0 Å². The zero-order valence-corrected chi connectivity index (χ0v) is 9.47. The van der Waals surface area contributed by atoms with E-state index < -0.39 is 0 Å². The van der Waals surface area contributed by atoms with Crippen molar-refractivity contribution in [1.82, 2.24) is 9.97 Å². The molecular formula is C11H15N5O. The minimum atomic E-state index is -0.376. The Balaban J connectivity index is 1.91. The minimum absolute atomic E-state index is 0.202. The Kier molecular flexibility index (Phi) is 2.01. The van der Waals surface area contributed by atoms with E-state index in [1.165, 1.54) is 0 Å². The predicted octanol–water partition coefficient (Wildman–Crippen LogP) is -0.0970. The van der Waals surface area contributed by atoms with Crippen molar-refractivity contribution in [3.8, 4) is 0 Å². The maximum absolute atomic E-state index is 11.6. The van der Waals surface area contributed by atoms with Crippen molar-refractivity contribution in [2.24, 2.45) is 11.1 Å². The molecule has 2 fully saturated rings. The second-order valence-electron chi connectivity index (χ2n) is 4.95. The van der Waals surface area contributed by atoms with Crippen LogP contribution in [0.5, 0.6) is 0 Å². The van der Waals surface area contributed by atoms with Gasteiger partial charge in [0, 0.05) is 18.8 Å². The molecule has 4 N–H and O–H groups in total. The van der Waals surface area contributed by atoms with Crippen LogP contribution in [0.25, 0.3) is 0 Å². The first-order valence-electron chi connectivity index (χ1n) is 5.76. The molecule has 1 aliphatic carbocycles. The molecule has 1 aromatic heterocycles. The van der Waals surface area contributed by atoms with Crippen LogP contribution in [0.15, 0.2) is 12.3 Å². The number of nitrogen functional groups attached to an aromatic ring is 1. The van der Waals surface area contributed by atoms with Gasteiger partial charge in [-0.05, 0) is 25.3 Å². The van der Waals surface area contributed by atoms with E-state index in [0.29, 0.717) is 24.4 Å². The van der Waals surface area contributed by atoms with Crippen LogP contribution in [0.1, 0.15) is 19.3 Å². The Morgan fingerprint density at radius 1 is 1.59 bits per heavy atom. The Hall–Kier alpha value is -1.85. The second-order valence-corrected chi connectivity index (χ2v) is 4.95. The van der Waals surface area contributed by atoms with Crippen LogP contribution in [0.3, 0.4) is 0 Å². The van der Waals surface area contributed by atoms with Gasteiger partial charge in [0.2, 0.25) is 11.9 Å². The van der Waals surface area contributed by atoms with E-state index in [2.05, 4.69) is 14.9 Å². The maximum atomic E-state index is 11.6. The van der Waals surface area contributed by atoms with Gasteiger partial charge in [-0.2, -0.15) is 4.98 Å². The Bertz CT molecular complexity index is 477. The van der Waals surface area contributed by atoms with Crippen molar-refractivity contribution < 1.29 is 4.79 Å². The highest BCUT2D eigenvalue weighted by molar-refractivity contribution is 5.83. The standard InChI is InChI=1S/C11H15N5O/c12-8-2-4-14-10(15-8)16-6-11(9(13)17)3-1-7(16)5-11/h2,4,7H,1,3,5-6H2,(H2,13,17)(H2,12,14,15). The van der Waals surface area contributed by atoms with Gasteiger partial charge >= 0.3 is 0 Å². The molecule has 2 atom stereocenters. The topological polar surface area (TPSA) is 98.1 Å². The van der Waals surface area contributed by atoms with E-state index in [0.717, 1.165) is 19.3 Å². The first kappa shape index (κ1) is 10.3. The molecule has 1 amide bonds. The fourth-order valence-electron chi connectivity index (χ4n) is 3.00. The summed E-state index contributed by atoms with van der Waals surface area (Å²) in [4.78, 5) is 22.0. The highest BCUT2D eigenvalue weighted by Gasteiger charge is 2.53. The average molecular weight is 233 g/mol. The summed E-state index contributed by atoms with van der Waals surface area (Å²) in [6.07, 6.45) is 4.31. The molecule has 1 saturated heterocycles. The number of hydrogen-bond acceptors (Lipinski definition) is 5.